The van der Waals surface area contributed by atoms with E-state index in [1.807, 2.05) is 0 Å². The molecule has 14 nitrogen and oxygen atoms in total. The van der Waals surface area contributed by atoms with Gasteiger partial charge in [0.25, 0.3) is 0 Å². The number of aliphatic hydroxyl groups is 8. The van der Waals surface area contributed by atoms with Gasteiger partial charge in [-0.05, 0) is 57.8 Å². The largest absolute Gasteiger partial charge is 0.394 e. The highest BCUT2D eigenvalue weighted by molar-refractivity contribution is 5.76. The molecule has 90 heavy (non-hydrogen) atoms. The van der Waals surface area contributed by atoms with Crippen LogP contribution in [0.2, 0.25) is 0 Å². The van der Waals surface area contributed by atoms with E-state index in [-0.39, 0.29) is 12.5 Å². The lowest BCUT2D eigenvalue weighted by Crippen LogP contribution is -2.65. The fourth-order valence-electron chi connectivity index (χ4n) is 12.3. The summed E-state index contributed by atoms with van der Waals surface area (Å²) in [5.74, 6) is -0.201. The van der Waals surface area contributed by atoms with Crippen molar-refractivity contribution < 1.29 is 64.6 Å². The van der Waals surface area contributed by atoms with E-state index in [2.05, 4.69) is 79.9 Å². The minimum atomic E-state index is -1.78. The Morgan fingerprint density at radius 2 is 0.767 bits per heavy atom. The average molecular weight is 1270 g/mol. The van der Waals surface area contributed by atoms with Crippen molar-refractivity contribution in [2.75, 3.05) is 19.8 Å². The highest BCUT2D eigenvalue weighted by Crippen LogP contribution is 2.30. The van der Waals surface area contributed by atoms with Crippen LogP contribution >= 0.6 is 0 Å². The Balaban J connectivity index is 1.56. The number of hydrogen-bond acceptors (Lipinski definition) is 13. The molecule has 2 heterocycles. The van der Waals surface area contributed by atoms with Crippen molar-refractivity contribution in [1.82, 2.24) is 5.32 Å². The Labute approximate surface area is 549 Å². The van der Waals surface area contributed by atoms with Gasteiger partial charge in [-0.15, -0.1) is 0 Å². The minimum absolute atomic E-state index is 0.201. The lowest BCUT2D eigenvalue weighted by molar-refractivity contribution is -0.359. The number of unbranched alkanes of at least 4 members (excludes halogenated alkanes) is 39. The van der Waals surface area contributed by atoms with Crippen LogP contribution in [0.1, 0.15) is 322 Å². The predicted molar refractivity (Wildman–Crippen MR) is 369 cm³/mol. The van der Waals surface area contributed by atoms with E-state index in [1.165, 1.54) is 212 Å². The van der Waals surface area contributed by atoms with Gasteiger partial charge in [-0.25, -0.2) is 0 Å². The summed E-state index contributed by atoms with van der Waals surface area (Å²) in [7, 11) is 0. The minimum Gasteiger partial charge on any atom is -0.394 e. The number of hydrogen-bond donors (Lipinski definition) is 9. The van der Waals surface area contributed by atoms with Crippen LogP contribution < -0.4 is 5.32 Å². The summed E-state index contributed by atoms with van der Waals surface area (Å²) >= 11 is 0. The first-order valence-electron chi connectivity index (χ1n) is 37.5. The summed E-state index contributed by atoms with van der Waals surface area (Å²) in [5.41, 5.74) is 0. The molecule has 12 unspecified atom stereocenters. The number of allylic oxidation sites excluding steroid dienone is 10. The van der Waals surface area contributed by atoms with E-state index >= 15 is 0 Å². The summed E-state index contributed by atoms with van der Waals surface area (Å²) in [6, 6.07) is -0.828. The van der Waals surface area contributed by atoms with Gasteiger partial charge >= 0.3 is 0 Å². The van der Waals surface area contributed by atoms with E-state index in [4.69, 9.17) is 18.9 Å². The monoisotopic (exact) mass is 1270 g/mol. The number of aliphatic hydroxyl groups excluding tert-OH is 8. The van der Waals surface area contributed by atoms with Crippen LogP contribution in [0.3, 0.4) is 0 Å². The van der Waals surface area contributed by atoms with Crippen LogP contribution in [0.5, 0.6) is 0 Å². The van der Waals surface area contributed by atoms with E-state index in [0.29, 0.717) is 12.8 Å². The van der Waals surface area contributed by atoms with Gasteiger partial charge in [0.05, 0.1) is 32.0 Å². The molecule has 0 aromatic heterocycles. The number of carbonyl (C=O) groups is 1. The van der Waals surface area contributed by atoms with E-state index in [0.717, 1.165) is 83.5 Å². The van der Waals surface area contributed by atoms with Crippen molar-refractivity contribution >= 4 is 5.91 Å². The molecule has 14 heteroatoms. The summed E-state index contributed by atoms with van der Waals surface area (Å²) in [4.78, 5) is 13.4. The molecule has 0 saturated carbocycles. The molecule has 2 aliphatic rings. The van der Waals surface area contributed by atoms with Gasteiger partial charge in [0.1, 0.15) is 48.8 Å². The SMILES string of the molecule is CC/C=C\C/C=C\C/C=C\C/C=C\C/C=C\CCCCCCCCCCCCCCCCCCCCCCCCCC(=O)NC(COC1OC(CO)C(OC2OC(CO)C(O)C(O)C2O)C(O)C1O)C(O)CCCCCCCCCCCCCCCCCCC. The number of ether oxygens (including phenoxy) is 4. The molecule has 9 N–H and O–H groups in total. The number of nitrogens with one attached hydrogen (secondary N) is 1. The van der Waals surface area contributed by atoms with Crippen molar-refractivity contribution in [3.8, 4) is 0 Å². The zero-order chi connectivity index (χ0) is 65.2. The molecular formula is C76H139NO13. The normalized spacial score (nSPS) is 23.2. The first-order valence-corrected chi connectivity index (χ1v) is 37.5. The van der Waals surface area contributed by atoms with Gasteiger partial charge in [0.2, 0.25) is 5.91 Å². The molecule has 0 aromatic carbocycles. The summed E-state index contributed by atoms with van der Waals surface area (Å²) in [6.07, 6.45) is 64.0. The highest BCUT2D eigenvalue weighted by atomic mass is 16.7. The van der Waals surface area contributed by atoms with Gasteiger partial charge in [0.15, 0.2) is 12.6 Å². The topological polar surface area (TPSA) is 228 Å². The molecule has 2 aliphatic heterocycles. The van der Waals surface area contributed by atoms with Gasteiger partial charge < -0.3 is 65.1 Å². The Bertz CT molecular complexity index is 1740. The third kappa shape index (κ3) is 43.6. The van der Waals surface area contributed by atoms with Gasteiger partial charge in [0, 0.05) is 6.42 Å². The van der Waals surface area contributed by atoms with Gasteiger partial charge in [-0.3, -0.25) is 4.79 Å². The van der Waals surface area contributed by atoms with Crippen molar-refractivity contribution in [2.24, 2.45) is 0 Å². The van der Waals surface area contributed by atoms with Crippen LogP contribution in [-0.4, -0.2) is 140 Å². The summed E-state index contributed by atoms with van der Waals surface area (Å²) in [5, 5.41) is 87.6. The van der Waals surface area contributed by atoms with E-state index in [9.17, 15) is 45.6 Å². The molecule has 0 spiro atoms. The quantitative estimate of drug-likeness (QED) is 0.0204. The van der Waals surface area contributed by atoms with Crippen molar-refractivity contribution in [1.29, 1.82) is 0 Å². The predicted octanol–water partition coefficient (Wildman–Crippen LogP) is 16.0. The standard InChI is InChI=1S/C76H139NO13/c1-3-5-7-9-11-13-15-17-19-21-22-23-24-25-26-27-28-29-30-31-32-33-34-35-36-37-38-39-40-41-42-44-46-48-50-52-54-56-58-60-68(81)77-64(65(80)59-57-55-53-51-49-47-45-43-20-18-16-14-12-10-8-6-4-2)63-87-75-73(86)71(84)74(67(62-79)89-75)90-76-72(85)70(83)69(82)66(61-78)88-76/h5,7,11,13,17,19,22-23,25-26,64-67,69-76,78-80,82-86H,3-4,6,8-10,12,14-16,18,20-21,24,27-63H2,1-2H3,(H,77,81)/b7-5-,13-11-,19-17-,23-22-,26-25-. The van der Waals surface area contributed by atoms with Gasteiger partial charge in [-0.2, -0.15) is 0 Å². The Morgan fingerprint density at radius 3 is 1.18 bits per heavy atom. The zero-order valence-corrected chi connectivity index (χ0v) is 57.4. The first kappa shape index (κ1) is 83.8. The molecule has 0 aliphatic carbocycles. The summed E-state index contributed by atoms with van der Waals surface area (Å²) < 4.78 is 22.9. The fourth-order valence-corrected chi connectivity index (χ4v) is 12.3. The second-order valence-electron chi connectivity index (χ2n) is 26.4. The maximum atomic E-state index is 13.4. The van der Waals surface area contributed by atoms with E-state index < -0.39 is 86.8 Å². The smallest absolute Gasteiger partial charge is 0.220 e. The second-order valence-corrected chi connectivity index (χ2v) is 26.4. The molecule has 2 rings (SSSR count). The van der Waals surface area contributed by atoms with Gasteiger partial charge in [-0.1, -0.05) is 319 Å². The Kier molecular flexibility index (Phi) is 56.2. The Hall–Kier alpha value is -2.31. The number of rotatable bonds is 62. The zero-order valence-electron chi connectivity index (χ0n) is 57.4. The van der Waals surface area contributed by atoms with E-state index in [1.54, 1.807) is 0 Å². The average Bonchev–Trinajstić information content (AvgIpc) is 1.04. The third-order valence-corrected chi connectivity index (χ3v) is 18.2. The molecule has 0 bridgehead atoms. The molecule has 1 amide bonds. The fraction of sp³-hybridized carbons (Fsp3) is 0.855. The Morgan fingerprint density at radius 1 is 0.411 bits per heavy atom. The highest BCUT2D eigenvalue weighted by Gasteiger charge is 2.51. The molecule has 2 saturated heterocycles. The van der Waals surface area contributed by atoms with Crippen molar-refractivity contribution in [2.45, 2.75) is 396 Å². The molecule has 12 atom stereocenters. The van der Waals surface area contributed by atoms with Crippen LogP contribution in [0.25, 0.3) is 0 Å². The van der Waals surface area contributed by atoms with Crippen LogP contribution in [-0.2, 0) is 23.7 Å². The first-order chi connectivity index (χ1) is 44.1. The maximum Gasteiger partial charge on any atom is 0.220 e. The molecule has 0 aromatic rings. The number of amides is 1. The maximum absolute atomic E-state index is 13.4. The van der Waals surface area contributed by atoms with Crippen LogP contribution in [0.4, 0.5) is 0 Å². The van der Waals surface area contributed by atoms with Crippen molar-refractivity contribution in [3.63, 3.8) is 0 Å². The lowest BCUT2D eigenvalue weighted by Gasteiger charge is -2.46. The molecule has 2 fully saturated rings. The number of carbonyl (C=O) groups excluding carboxylic acids is 1. The summed E-state index contributed by atoms with van der Waals surface area (Å²) in [6.45, 7) is 2.79. The van der Waals surface area contributed by atoms with Crippen LogP contribution in [0, 0.1) is 0 Å². The van der Waals surface area contributed by atoms with Crippen LogP contribution in [0.15, 0.2) is 60.8 Å². The molecule has 0 radical (unpaired) electrons. The lowest BCUT2D eigenvalue weighted by atomic mass is 9.97. The third-order valence-electron chi connectivity index (χ3n) is 18.2. The molecular weight excluding hydrogens is 1130 g/mol. The van der Waals surface area contributed by atoms with Crippen molar-refractivity contribution in [3.05, 3.63) is 60.8 Å². The second kappa shape index (κ2) is 60.4. The molecule has 526 valence electrons.